The minimum Gasteiger partial charge on any atom is -0.497 e. The summed E-state index contributed by atoms with van der Waals surface area (Å²) in [6.07, 6.45) is 4.71. The largest absolute Gasteiger partial charge is 0.497 e. The second-order valence-electron chi connectivity index (χ2n) is 6.15. The number of nitrogens with zero attached hydrogens (tertiary/aromatic N) is 1. The van der Waals surface area contributed by atoms with Crippen molar-refractivity contribution in [1.82, 2.24) is 4.90 Å². The predicted octanol–water partition coefficient (Wildman–Crippen LogP) is 4.22. The number of carbonyl (C=O) groups excluding carboxylic acids is 1. The molecule has 0 radical (unpaired) electrons. The molecule has 4 nitrogen and oxygen atoms in total. The van der Waals surface area contributed by atoms with Crippen LogP contribution in [0.5, 0.6) is 11.5 Å². The van der Waals surface area contributed by atoms with E-state index < -0.39 is 0 Å². The lowest BCUT2D eigenvalue weighted by Gasteiger charge is -2.25. The molecule has 1 saturated heterocycles. The number of rotatable bonds is 5. The first kappa shape index (κ1) is 18.0. The van der Waals surface area contributed by atoms with Crippen molar-refractivity contribution in [2.45, 2.75) is 18.9 Å². The number of likely N-dealkylation sites (tertiary alicyclic amines) is 1. The fourth-order valence-corrected chi connectivity index (χ4v) is 3.32. The van der Waals surface area contributed by atoms with Crippen LogP contribution in [0.4, 0.5) is 4.39 Å². The quantitative estimate of drug-likeness (QED) is 0.754. The SMILES string of the molecule is COc1ccc(OC)c(C2CCCN2C(=O)C=Cc2ccccc2F)c1. The third kappa shape index (κ3) is 3.72. The lowest BCUT2D eigenvalue weighted by Crippen LogP contribution is -2.29. The molecular formula is C21H22FNO3. The molecule has 1 fully saturated rings. The van der Waals surface area contributed by atoms with Crippen LogP contribution in [0.15, 0.2) is 48.5 Å². The van der Waals surface area contributed by atoms with Crippen molar-refractivity contribution < 1.29 is 18.7 Å². The van der Waals surface area contributed by atoms with Crippen LogP contribution >= 0.6 is 0 Å². The minimum atomic E-state index is -0.344. The first-order valence-electron chi connectivity index (χ1n) is 8.59. The van der Waals surface area contributed by atoms with Crippen LogP contribution in [-0.4, -0.2) is 31.6 Å². The highest BCUT2D eigenvalue weighted by atomic mass is 19.1. The van der Waals surface area contributed by atoms with Gasteiger partial charge in [-0.25, -0.2) is 4.39 Å². The van der Waals surface area contributed by atoms with Gasteiger partial charge < -0.3 is 14.4 Å². The summed E-state index contributed by atoms with van der Waals surface area (Å²) in [7, 11) is 3.23. The molecular weight excluding hydrogens is 333 g/mol. The Morgan fingerprint density at radius 3 is 2.73 bits per heavy atom. The first-order chi connectivity index (χ1) is 12.6. The standard InChI is InChI=1S/C21H22FNO3/c1-25-16-10-11-20(26-2)17(14-16)19-8-5-13-23(19)21(24)12-9-15-6-3-4-7-18(15)22/h3-4,6-7,9-12,14,19H,5,8,13H2,1-2H3. The van der Waals surface area contributed by atoms with Crippen molar-refractivity contribution in [3.8, 4) is 11.5 Å². The summed E-state index contributed by atoms with van der Waals surface area (Å²) in [5.41, 5.74) is 1.33. The molecule has 0 spiro atoms. The van der Waals surface area contributed by atoms with Gasteiger partial charge >= 0.3 is 0 Å². The topological polar surface area (TPSA) is 38.8 Å². The van der Waals surface area contributed by atoms with Crippen LogP contribution in [0, 0.1) is 5.82 Å². The number of halogens is 1. The maximum absolute atomic E-state index is 13.7. The Morgan fingerprint density at radius 1 is 1.19 bits per heavy atom. The number of carbonyl (C=O) groups is 1. The third-order valence-electron chi connectivity index (χ3n) is 4.64. The molecule has 1 aliphatic heterocycles. The summed E-state index contributed by atoms with van der Waals surface area (Å²) in [4.78, 5) is 14.5. The Labute approximate surface area is 152 Å². The fraction of sp³-hybridized carbons (Fsp3) is 0.286. The van der Waals surface area contributed by atoms with Crippen molar-refractivity contribution in [1.29, 1.82) is 0 Å². The van der Waals surface area contributed by atoms with Gasteiger partial charge in [0.1, 0.15) is 17.3 Å². The van der Waals surface area contributed by atoms with E-state index in [4.69, 9.17) is 9.47 Å². The van der Waals surface area contributed by atoms with E-state index in [9.17, 15) is 9.18 Å². The van der Waals surface area contributed by atoms with E-state index in [1.807, 2.05) is 18.2 Å². The van der Waals surface area contributed by atoms with Crippen molar-refractivity contribution in [2.24, 2.45) is 0 Å². The van der Waals surface area contributed by atoms with Gasteiger partial charge in [0.15, 0.2) is 0 Å². The molecule has 2 aromatic rings. The summed E-state index contributed by atoms with van der Waals surface area (Å²) in [5.74, 6) is 0.972. The molecule has 5 heteroatoms. The number of methoxy groups -OCH3 is 2. The molecule has 26 heavy (non-hydrogen) atoms. The summed E-state index contributed by atoms with van der Waals surface area (Å²) < 4.78 is 24.5. The molecule has 0 aliphatic carbocycles. The lowest BCUT2D eigenvalue weighted by atomic mass is 10.0. The molecule has 1 aliphatic rings. The van der Waals surface area contributed by atoms with Crippen LogP contribution in [0.25, 0.3) is 6.08 Å². The van der Waals surface area contributed by atoms with E-state index in [2.05, 4.69) is 0 Å². The molecule has 1 amide bonds. The molecule has 1 atom stereocenters. The number of hydrogen-bond donors (Lipinski definition) is 0. The van der Waals surface area contributed by atoms with Crippen molar-refractivity contribution >= 4 is 12.0 Å². The Bertz CT molecular complexity index is 819. The van der Waals surface area contributed by atoms with E-state index in [1.165, 1.54) is 18.2 Å². The van der Waals surface area contributed by atoms with Gasteiger partial charge in [0.05, 0.1) is 20.3 Å². The van der Waals surface area contributed by atoms with Crippen LogP contribution < -0.4 is 9.47 Å². The zero-order valence-electron chi connectivity index (χ0n) is 14.9. The van der Waals surface area contributed by atoms with E-state index in [-0.39, 0.29) is 17.8 Å². The summed E-state index contributed by atoms with van der Waals surface area (Å²) in [6, 6.07) is 11.9. The van der Waals surface area contributed by atoms with E-state index in [0.29, 0.717) is 12.1 Å². The highest BCUT2D eigenvalue weighted by Gasteiger charge is 2.31. The molecule has 0 saturated carbocycles. The summed E-state index contributed by atoms with van der Waals surface area (Å²) in [5, 5.41) is 0. The van der Waals surface area contributed by atoms with Crippen LogP contribution in [0.2, 0.25) is 0 Å². The second-order valence-corrected chi connectivity index (χ2v) is 6.15. The average Bonchev–Trinajstić information content (AvgIpc) is 3.16. The second kappa shape index (κ2) is 8.04. The molecule has 3 rings (SSSR count). The Balaban J connectivity index is 1.84. The van der Waals surface area contributed by atoms with Crippen molar-refractivity contribution in [2.75, 3.05) is 20.8 Å². The van der Waals surface area contributed by atoms with Gasteiger partial charge in [0, 0.05) is 23.7 Å². The van der Waals surface area contributed by atoms with E-state index >= 15 is 0 Å². The highest BCUT2D eigenvalue weighted by Crippen LogP contribution is 2.39. The Morgan fingerprint density at radius 2 is 2.00 bits per heavy atom. The predicted molar refractivity (Wildman–Crippen MR) is 98.7 cm³/mol. The third-order valence-corrected chi connectivity index (χ3v) is 4.64. The maximum Gasteiger partial charge on any atom is 0.247 e. The van der Waals surface area contributed by atoms with Crippen molar-refractivity contribution in [3.05, 3.63) is 65.5 Å². The van der Waals surface area contributed by atoms with Crippen molar-refractivity contribution in [3.63, 3.8) is 0 Å². The van der Waals surface area contributed by atoms with Crippen LogP contribution in [-0.2, 0) is 4.79 Å². The van der Waals surface area contributed by atoms with Gasteiger partial charge in [0.25, 0.3) is 0 Å². The number of hydrogen-bond acceptors (Lipinski definition) is 3. The van der Waals surface area contributed by atoms with Gasteiger partial charge in [-0.1, -0.05) is 18.2 Å². The molecule has 136 valence electrons. The Hall–Kier alpha value is -2.82. The van der Waals surface area contributed by atoms with E-state index in [0.717, 1.165) is 29.9 Å². The van der Waals surface area contributed by atoms with Crippen LogP contribution in [0.1, 0.15) is 30.0 Å². The highest BCUT2D eigenvalue weighted by molar-refractivity contribution is 5.92. The molecule has 0 N–H and O–H groups in total. The monoisotopic (exact) mass is 355 g/mol. The number of amides is 1. The average molecular weight is 355 g/mol. The minimum absolute atomic E-state index is 0.0854. The number of benzene rings is 2. The van der Waals surface area contributed by atoms with E-state index in [1.54, 1.807) is 37.3 Å². The van der Waals surface area contributed by atoms with Gasteiger partial charge in [-0.05, 0) is 43.2 Å². The van der Waals surface area contributed by atoms with Crippen LogP contribution in [0.3, 0.4) is 0 Å². The molecule has 1 heterocycles. The first-order valence-corrected chi connectivity index (χ1v) is 8.59. The lowest BCUT2D eigenvalue weighted by molar-refractivity contribution is -0.126. The van der Waals surface area contributed by atoms with Gasteiger partial charge in [-0.3, -0.25) is 4.79 Å². The molecule has 0 bridgehead atoms. The fourth-order valence-electron chi connectivity index (χ4n) is 3.32. The zero-order chi connectivity index (χ0) is 18.5. The molecule has 0 aromatic heterocycles. The smallest absolute Gasteiger partial charge is 0.247 e. The van der Waals surface area contributed by atoms with Gasteiger partial charge in [0.2, 0.25) is 5.91 Å². The van der Waals surface area contributed by atoms with Gasteiger partial charge in [-0.15, -0.1) is 0 Å². The molecule has 1 unspecified atom stereocenters. The summed E-state index contributed by atoms with van der Waals surface area (Å²) >= 11 is 0. The maximum atomic E-state index is 13.7. The number of ether oxygens (including phenoxy) is 2. The Kier molecular flexibility index (Phi) is 5.56. The van der Waals surface area contributed by atoms with Gasteiger partial charge in [-0.2, -0.15) is 0 Å². The molecule has 2 aromatic carbocycles. The zero-order valence-corrected chi connectivity index (χ0v) is 14.9. The summed E-state index contributed by atoms with van der Waals surface area (Å²) in [6.45, 7) is 0.658. The normalized spacial score (nSPS) is 16.9.